The first-order chi connectivity index (χ1) is 11.6. The van der Waals surface area contributed by atoms with Crippen molar-refractivity contribution in [2.24, 2.45) is 4.99 Å². The Morgan fingerprint density at radius 3 is 2.83 bits per heavy atom. The van der Waals surface area contributed by atoms with E-state index in [2.05, 4.69) is 40.1 Å². The van der Waals surface area contributed by atoms with Gasteiger partial charge in [0.25, 0.3) is 0 Å². The Hall–Kier alpha value is -1.92. The van der Waals surface area contributed by atoms with Gasteiger partial charge in [0.05, 0.1) is 6.61 Å². The summed E-state index contributed by atoms with van der Waals surface area (Å²) in [4.78, 5) is 5.58. The highest BCUT2D eigenvalue weighted by molar-refractivity contribution is 7.10. The molecule has 6 heteroatoms. The minimum absolute atomic E-state index is 0.243. The molecule has 1 atom stereocenters. The van der Waals surface area contributed by atoms with Gasteiger partial charge in [-0.15, -0.1) is 11.3 Å². The molecule has 0 aliphatic heterocycles. The van der Waals surface area contributed by atoms with Gasteiger partial charge in [0, 0.05) is 43.6 Å². The van der Waals surface area contributed by atoms with E-state index in [1.54, 1.807) is 31.6 Å². The molecule has 0 aliphatic carbocycles. The van der Waals surface area contributed by atoms with Crippen LogP contribution in [0.5, 0.6) is 0 Å². The summed E-state index contributed by atoms with van der Waals surface area (Å²) in [5.74, 6) is 0.909. The number of methoxy groups -OCH3 is 1. The maximum Gasteiger partial charge on any atom is 0.191 e. The third kappa shape index (κ3) is 5.32. The average Bonchev–Trinajstić information content (AvgIpc) is 3.12. The van der Waals surface area contributed by atoms with Crippen LogP contribution in [-0.4, -0.2) is 26.7 Å². The Bertz CT molecular complexity index is 658. The van der Waals surface area contributed by atoms with Gasteiger partial charge in [-0.05, 0) is 29.1 Å². The largest absolute Gasteiger partial charge is 0.380 e. The van der Waals surface area contributed by atoms with E-state index in [0.29, 0.717) is 18.0 Å². The van der Waals surface area contributed by atoms with Gasteiger partial charge < -0.3 is 15.4 Å². The number of benzene rings is 1. The molecule has 4 nitrogen and oxygen atoms in total. The fourth-order valence-electron chi connectivity index (χ4n) is 2.33. The normalized spacial score (nSPS) is 12.9. The van der Waals surface area contributed by atoms with E-state index in [-0.39, 0.29) is 12.4 Å². The number of hydrogen-bond acceptors (Lipinski definition) is 3. The van der Waals surface area contributed by atoms with E-state index in [9.17, 15) is 4.39 Å². The van der Waals surface area contributed by atoms with E-state index in [4.69, 9.17) is 4.74 Å². The van der Waals surface area contributed by atoms with Crippen LogP contribution < -0.4 is 10.6 Å². The topological polar surface area (TPSA) is 45.7 Å². The Kier molecular flexibility index (Phi) is 7.21. The highest BCUT2D eigenvalue weighted by Gasteiger charge is 2.08. The quantitative estimate of drug-likeness (QED) is 0.594. The van der Waals surface area contributed by atoms with E-state index in [1.165, 1.54) is 10.9 Å². The summed E-state index contributed by atoms with van der Waals surface area (Å²) in [6.45, 7) is 3.83. The molecular formula is C18H24FN3OS. The highest BCUT2D eigenvalue weighted by Crippen LogP contribution is 2.19. The summed E-state index contributed by atoms with van der Waals surface area (Å²) in [5.41, 5.74) is 1.55. The first kappa shape index (κ1) is 18.4. The van der Waals surface area contributed by atoms with Crippen molar-refractivity contribution in [3.8, 4) is 0 Å². The van der Waals surface area contributed by atoms with Crippen LogP contribution in [0.1, 0.15) is 28.8 Å². The molecule has 1 unspecified atom stereocenters. The summed E-state index contributed by atoms with van der Waals surface area (Å²) < 4.78 is 18.6. The number of aliphatic imine (C=N–C) groups is 1. The number of nitrogens with zero attached hydrogens (tertiary/aromatic N) is 1. The maximum absolute atomic E-state index is 13.6. The van der Waals surface area contributed by atoms with Crippen molar-refractivity contribution in [1.82, 2.24) is 10.6 Å². The van der Waals surface area contributed by atoms with Gasteiger partial charge in [-0.2, -0.15) is 0 Å². The third-order valence-electron chi connectivity index (χ3n) is 3.70. The van der Waals surface area contributed by atoms with Crippen LogP contribution >= 0.6 is 11.3 Å². The lowest BCUT2D eigenvalue weighted by Gasteiger charge is -2.15. The maximum atomic E-state index is 13.6. The van der Waals surface area contributed by atoms with Crippen molar-refractivity contribution < 1.29 is 9.13 Å². The third-order valence-corrected chi connectivity index (χ3v) is 4.80. The molecule has 130 valence electrons. The number of ether oxygens (including phenoxy) is 1. The molecule has 0 fully saturated rings. The van der Waals surface area contributed by atoms with Gasteiger partial charge in [0.1, 0.15) is 5.82 Å². The predicted molar refractivity (Wildman–Crippen MR) is 98.0 cm³/mol. The van der Waals surface area contributed by atoms with Crippen molar-refractivity contribution in [2.45, 2.75) is 26.0 Å². The van der Waals surface area contributed by atoms with Crippen LogP contribution in [0.25, 0.3) is 0 Å². The molecule has 2 N–H and O–H groups in total. The van der Waals surface area contributed by atoms with E-state index in [1.807, 2.05) is 6.07 Å². The molecule has 0 amide bonds. The number of hydrogen-bond donors (Lipinski definition) is 2. The molecule has 0 saturated heterocycles. The molecule has 0 saturated carbocycles. The number of rotatable bonds is 7. The van der Waals surface area contributed by atoms with Crippen LogP contribution in [0.4, 0.5) is 4.39 Å². The number of halogens is 1. The van der Waals surface area contributed by atoms with Crippen molar-refractivity contribution in [2.75, 3.05) is 20.7 Å². The molecule has 1 aromatic carbocycles. The lowest BCUT2D eigenvalue weighted by molar-refractivity contribution is 0.181. The Morgan fingerprint density at radius 1 is 1.33 bits per heavy atom. The second-order valence-corrected chi connectivity index (χ2v) is 6.56. The molecule has 0 bridgehead atoms. The van der Waals surface area contributed by atoms with Crippen molar-refractivity contribution >= 4 is 17.3 Å². The summed E-state index contributed by atoms with van der Waals surface area (Å²) in [6.07, 6.45) is 0. The van der Waals surface area contributed by atoms with Crippen LogP contribution in [0.15, 0.2) is 40.7 Å². The predicted octanol–water partition coefficient (Wildman–Crippen LogP) is 3.50. The fraction of sp³-hybridized carbons (Fsp3) is 0.389. The standard InChI is InChI=1S/C18H24FN3OS/c1-13(17-5-4-8-24-17)10-21-18(20-2)22-11-14-6-7-16(19)15(9-14)12-23-3/h4-9,13H,10-12H2,1-3H3,(H2,20,21,22). The molecule has 2 aromatic rings. The van der Waals surface area contributed by atoms with Gasteiger partial charge in [-0.3, -0.25) is 4.99 Å². The second-order valence-electron chi connectivity index (χ2n) is 5.58. The van der Waals surface area contributed by atoms with E-state index in [0.717, 1.165) is 18.1 Å². The lowest BCUT2D eigenvalue weighted by atomic mass is 10.1. The van der Waals surface area contributed by atoms with Gasteiger partial charge >= 0.3 is 0 Å². The molecule has 0 spiro atoms. The van der Waals surface area contributed by atoms with Crippen molar-refractivity contribution in [3.05, 3.63) is 57.5 Å². The zero-order valence-electron chi connectivity index (χ0n) is 14.3. The molecular weight excluding hydrogens is 325 g/mol. The van der Waals surface area contributed by atoms with Gasteiger partial charge in [-0.1, -0.05) is 19.1 Å². The molecule has 2 rings (SSSR count). The number of nitrogens with one attached hydrogen (secondary N) is 2. The SMILES string of the molecule is CN=C(NCc1ccc(F)c(COC)c1)NCC(C)c1cccs1. The summed E-state index contributed by atoms with van der Waals surface area (Å²) >= 11 is 1.76. The smallest absolute Gasteiger partial charge is 0.191 e. The first-order valence-corrected chi connectivity index (χ1v) is 8.76. The zero-order valence-corrected chi connectivity index (χ0v) is 15.1. The molecule has 1 heterocycles. The summed E-state index contributed by atoms with van der Waals surface area (Å²) in [6, 6.07) is 9.26. The van der Waals surface area contributed by atoms with Gasteiger partial charge in [-0.25, -0.2) is 4.39 Å². The monoisotopic (exact) mass is 349 g/mol. The van der Waals surface area contributed by atoms with E-state index < -0.39 is 0 Å². The zero-order chi connectivity index (χ0) is 17.4. The Labute approximate surface area is 146 Å². The van der Waals surface area contributed by atoms with Crippen molar-refractivity contribution in [3.63, 3.8) is 0 Å². The lowest BCUT2D eigenvalue weighted by Crippen LogP contribution is -2.38. The molecule has 24 heavy (non-hydrogen) atoms. The highest BCUT2D eigenvalue weighted by atomic mass is 32.1. The van der Waals surface area contributed by atoms with Gasteiger partial charge in [0.2, 0.25) is 0 Å². The molecule has 1 aromatic heterocycles. The Morgan fingerprint density at radius 2 is 2.17 bits per heavy atom. The minimum atomic E-state index is -0.243. The molecule has 0 radical (unpaired) electrons. The summed E-state index contributed by atoms with van der Waals surface area (Å²) in [5, 5.41) is 8.67. The van der Waals surface area contributed by atoms with Crippen LogP contribution in [-0.2, 0) is 17.9 Å². The van der Waals surface area contributed by atoms with E-state index >= 15 is 0 Å². The Balaban J connectivity index is 1.86. The minimum Gasteiger partial charge on any atom is -0.380 e. The fourth-order valence-corrected chi connectivity index (χ4v) is 3.12. The van der Waals surface area contributed by atoms with Crippen LogP contribution in [0.3, 0.4) is 0 Å². The average molecular weight is 349 g/mol. The van der Waals surface area contributed by atoms with Crippen LogP contribution in [0.2, 0.25) is 0 Å². The second kappa shape index (κ2) is 9.39. The van der Waals surface area contributed by atoms with Crippen molar-refractivity contribution in [1.29, 1.82) is 0 Å². The first-order valence-electron chi connectivity index (χ1n) is 7.88. The summed E-state index contributed by atoms with van der Waals surface area (Å²) in [7, 11) is 3.30. The van der Waals surface area contributed by atoms with Crippen LogP contribution in [0, 0.1) is 5.82 Å². The number of thiophene rings is 1. The number of guanidine groups is 1. The van der Waals surface area contributed by atoms with Gasteiger partial charge in [0.15, 0.2) is 5.96 Å². The molecule has 0 aliphatic rings.